The van der Waals surface area contributed by atoms with Crippen molar-refractivity contribution in [2.75, 3.05) is 4.90 Å². The summed E-state index contributed by atoms with van der Waals surface area (Å²) in [5.74, 6) is 0. The van der Waals surface area contributed by atoms with Gasteiger partial charge < -0.3 is 15.0 Å². The highest BCUT2D eigenvalue weighted by Gasteiger charge is 2.48. The second kappa shape index (κ2) is 6.43. The van der Waals surface area contributed by atoms with E-state index < -0.39 is 41.7 Å². The largest absolute Gasteiger partial charge is 0.417 e. The molecule has 1 aliphatic heterocycles. The lowest BCUT2D eigenvalue weighted by molar-refractivity contribution is -0.209. The molecule has 1 saturated heterocycles. The molecule has 4 nitrogen and oxygen atoms in total. The number of pyridine rings is 1. The number of fused-ring (bicyclic) bond motifs is 1. The van der Waals surface area contributed by atoms with Crippen molar-refractivity contribution in [2.24, 2.45) is 0 Å². The molecule has 0 amide bonds. The molecule has 0 radical (unpaired) electrons. The molecule has 0 aliphatic carbocycles. The summed E-state index contributed by atoms with van der Waals surface area (Å²) in [5, 5.41) is 9.35. The number of alkyl halides is 6. The summed E-state index contributed by atoms with van der Waals surface area (Å²) in [6.45, 7) is 1.64. The molecule has 1 aromatic carbocycles. The molecule has 0 saturated carbocycles. The molecule has 10 heteroatoms. The number of hydrogen-bond donors (Lipinski definition) is 2. The van der Waals surface area contributed by atoms with Crippen LogP contribution in [0.1, 0.15) is 25.3 Å². The number of aliphatic hydroxyl groups excluding tert-OH is 1. The number of rotatable bonds is 2. The number of benzene rings is 1. The number of halogens is 6. The molecular weight excluding hydrogens is 378 g/mol. The summed E-state index contributed by atoms with van der Waals surface area (Å²) in [5.41, 5.74) is -2.04. The summed E-state index contributed by atoms with van der Waals surface area (Å²) < 4.78 is 78.8. The lowest BCUT2D eigenvalue weighted by Crippen LogP contribution is -2.48. The van der Waals surface area contributed by atoms with Crippen LogP contribution in [-0.4, -0.2) is 34.5 Å². The standard InChI is InChI=1S/C17H16F6N2O2/c1-8-2-5-13(15(27)17(21,22)23)25(8)9-3-4-12-10(6-9)11(16(18,19)20)7-14(26)24-12/h3-4,6-8,13,15,27H,2,5H2,1H3,(H,24,26)/t8-,13-,15?/m1/s1. The Morgan fingerprint density at radius 1 is 1.15 bits per heavy atom. The number of aromatic amines is 1. The Morgan fingerprint density at radius 3 is 2.41 bits per heavy atom. The molecule has 148 valence electrons. The SMILES string of the molecule is C[C@@H]1CC[C@H](C(O)C(F)(F)F)N1c1ccc2[nH]c(=O)cc(C(F)(F)F)c2c1. The highest BCUT2D eigenvalue weighted by Crippen LogP contribution is 2.39. The second-order valence-corrected chi connectivity index (χ2v) is 6.66. The number of hydrogen-bond acceptors (Lipinski definition) is 3. The minimum Gasteiger partial charge on any atom is -0.382 e. The maximum Gasteiger partial charge on any atom is 0.417 e. The number of H-pyrrole nitrogens is 1. The summed E-state index contributed by atoms with van der Waals surface area (Å²) in [6, 6.07) is 2.39. The van der Waals surface area contributed by atoms with Gasteiger partial charge in [-0.15, -0.1) is 0 Å². The molecule has 1 aliphatic rings. The predicted octanol–water partition coefficient (Wildman–Crippen LogP) is 3.83. The smallest absolute Gasteiger partial charge is 0.382 e. The minimum absolute atomic E-state index is 0.0532. The van der Waals surface area contributed by atoms with Crippen LogP contribution in [0.5, 0.6) is 0 Å². The molecule has 2 heterocycles. The fourth-order valence-corrected chi connectivity index (χ4v) is 3.63. The first-order chi connectivity index (χ1) is 12.4. The van der Waals surface area contributed by atoms with Crippen LogP contribution >= 0.6 is 0 Å². The molecule has 1 unspecified atom stereocenters. The number of anilines is 1. The third-order valence-corrected chi connectivity index (χ3v) is 4.84. The van der Waals surface area contributed by atoms with Crippen LogP contribution in [0.2, 0.25) is 0 Å². The van der Waals surface area contributed by atoms with Gasteiger partial charge in [-0.25, -0.2) is 0 Å². The molecule has 0 bridgehead atoms. The third kappa shape index (κ3) is 3.62. The van der Waals surface area contributed by atoms with Crippen LogP contribution in [0.4, 0.5) is 32.0 Å². The van der Waals surface area contributed by atoms with Crippen LogP contribution in [0.25, 0.3) is 10.9 Å². The quantitative estimate of drug-likeness (QED) is 0.762. The average Bonchev–Trinajstić information content (AvgIpc) is 2.92. The van der Waals surface area contributed by atoms with Crippen molar-refractivity contribution >= 4 is 16.6 Å². The zero-order chi connectivity index (χ0) is 20.1. The molecule has 3 atom stereocenters. The van der Waals surface area contributed by atoms with Gasteiger partial charge in [0.15, 0.2) is 6.10 Å². The highest BCUT2D eigenvalue weighted by molar-refractivity contribution is 5.86. The Balaban J connectivity index is 2.13. The van der Waals surface area contributed by atoms with Crippen molar-refractivity contribution in [3.05, 3.63) is 40.2 Å². The predicted molar refractivity (Wildman–Crippen MR) is 86.6 cm³/mol. The minimum atomic E-state index is -4.84. The summed E-state index contributed by atoms with van der Waals surface area (Å²) in [7, 11) is 0. The van der Waals surface area contributed by atoms with Gasteiger partial charge >= 0.3 is 12.4 Å². The number of nitrogens with zero attached hydrogens (tertiary/aromatic N) is 1. The van der Waals surface area contributed by atoms with Crippen LogP contribution in [0, 0.1) is 0 Å². The van der Waals surface area contributed by atoms with Gasteiger partial charge in [0, 0.05) is 28.7 Å². The van der Waals surface area contributed by atoms with Crippen LogP contribution in [-0.2, 0) is 6.18 Å². The maximum atomic E-state index is 13.3. The van der Waals surface area contributed by atoms with E-state index >= 15 is 0 Å². The third-order valence-electron chi connectivity index (χ3n) is 4.84. The van der Waals surface area contributed by atoms with Crippen molar-refractivity contribution in [3.63, 3.8) is 0 Å². The molecule has 2 aromatic rings. The van der Waals surface area contributed by atoms with Crippen molar-refractivity contribution < 1.29 is 31.4 Å². The number of aliphatic hydroxyl groups is 1. The molecule has 1 fully saturated rings. The van der Waals surface area contributed by atoms with Gasteiger partial charge in [0.05, 0.1) is 11.6 Å². The Morgan fingerprint density at radius 2 is 1.81 bits per heavy atom. The lowest BCUT2D eigenvalue weighted by atomic mass is 10.0. The van der Waals surface area contributed by atoms with Crippen LogP contribution < -0.4 is 10.5 Å². The van der Waals surface area contributed by atoms with Gasteiger partial charge in [0.1, 0.15) is 0 Å². The van der Waals surface area contributed by atoms with E-state index in [0.717, 1.165) is 6.07 Å². The van der Waals surface area contributed by atoms with Crippen molar-refractivity contribution in [1.82, 2.24) is 4.98 Å². The Bertz CT molecular complexity index is 905. The zero-order valence-electron chi connectivity index (χ0n) is 14.0. The zero-order valence-corrected chi connectivity index (χ0v) is 14.0. The van der Waals surface area contributed by atoms with E-state index in [4.69, 9.17) is 0 Å². The normalized spacial score (nSPS) is 22.4. The van der Waals surface area contributed by atoms with Gasteiger partial charge in [-0.05, 0) is 38.0 Å². The molecule has 2 N–H and O–H groups in total. The highest BCUT2D eigenvalue weighted by atomic mass is 19.4. The van der Waals surface area contributed by atoms with E-state index in [2.05, 4.69) is 4.98 Å². The fraction of sp³-hybridized carbons (Fsp3) is 0.471. The van der Waals surface area contributed by atoms with Gasteiger partial charge in [-0.1, -0.05) is 0 Å². The molecule has 1 aromatic heterocycles. The summed E-state index contributed by atoms with van der Waals surface area (Å²) >= 11 is 0. The van der Waals surface area contributed by atoms with E-state index in [1.807, 2.05) is 0 Å². The van der Waals surface area contributed by atoms with Gasteiger partial charge in [0.25, 0.3) is 0 Å². The van der Waals surface area contributed by atoms with Crippen LogP contribution in [0.3, 0.4) is 0 Å². The first-order valence-corrected chi connectivity index (χ1v) is 8.17. The Labute approximate surface area is 149 Å². The van der Waals surface area contributed by atoms with Crippen molar-refractivity contribution in [1.29, 1.82) is 0 Å². The van der Waals surface area contributed by atoms with E-state index in [0.29, 0.717) is 12.5 Å². The first-order valence-electron chi connectivity index (χ1n) is 8.17. The number of nitrogens with one attached hydrogen (secondary N) is 1. The molecular formula is C17H16F6N2O2. The Hall–Kier alpha value is -2.23. The molecule has 3 rings (SSSR count). The second-order valence-electron chi connectivity index (χ2n) is 6.66. The van der Waals surface area contributed by atoms with E-state index in [1.165, 1.54) is 17.0 Å². The lowest BCUT2D eigenvalue weighted by Gasteiger charge is -2.34. The fourth-order valence-electron chi connectivity index (χ4n) is 3.63. The monoisotopic (exact) mass is 394 g/mol. The topological polar surface area (TPSA) is 56.3 Å². The van der Waals surface area contributed by atoms with Crippen molar-refractivity contribution in [2.45, 2.75) is 50.3 Å². The molecule has 0 spiro atoms. The maximum absolute atomic E-state index is 13.3. The Kier molecular flexibility index (Phi) is 4.65. The van der Waals surface area contributed by atoms with E-state index in [-0.39, 0.29) is 23.0 Å². The van der Waals surface area contributed by atoms with Crippen LogP contribution in [0.15, 0.2) is 29.1 Å². The van der Waals surface area contributed by atoms with Gasteiger partial charge in [0.2, 0.25) is 5.56 Å². The van der Waals surface area contributed by atoms with Gasteiger partial charge in [-0.3, -0.25) is 4.79 Å². The summed E-state index contributed by atoms with van der Waals surface area (Å²) in [4.78, 5) is 15.1. The van der Waals surface area contributed by atoms with Crippen molar-refractivity contribution in [3.8, 4) is 0 Å². The van der Waals surface area contributed by atoms with E-state index in [1.54, 1.807) is 6.92 Å². The molecule has 27 heavy (non-hydrogen) atoms. The first kappa shape index (κ1) is 19.5. The average molecular weight is 394 g/mol. The summed E-state index contributed by atoms with van der Waals surface area (Å²) in [6.07, 6.45) is -11.8. The van der Waals surface area contributed by atoms with Gasteiger partial charge in [-0.2, -0.15) is 26.3 Å². The van der Waals surface area contributed by atoms with E-state index in [9.17, 15) is 36.2 Å². The number of aromatic nitrogens is 1.